The molecule has 0 aromatic rings. The Hall–Kier alpha value is -1.66. The van der Waals surface area contributed by atoms with Gasteiger partial charge in [0.05, 0.1) is 0 Å². The van der Waals surface area contributed by atoms with Crippen LogP contribution in [0.25, 0.3) is 0 Å². The summed E-state index contributed by atoms with van der Waals surface area (Å²) in [5.74, 6) is 9.75. The first-order valence-electron chi connectivity index (χ1n) is 7.49. The van der Waals surface area contributed by atoms with E-state index in [1.807, 2.05) is 0 Å². The monoisotopic (exact) mass is 296 g/mol. The zero-order chi connectivity index (χ0) is 15.8. The maximum Gasteiger partial charge on any atom is 0.233 e. The van der Waals surface area contributed by atoms with E-state index in [2.05, 4.69) is 35.2 Å². The van der Waals surface area contributed by atoms with Crippen molar-refractivity contribution in [2.24, 2.45) is 11.7 Å². The molecule has 0 saturated heterocycles. The molecule has 0 aliphatic rings. The fourth-order valence-electron chi connectivity index (χ4n) is 1.74. The molecule has 0 aromatic carbocycles. The van der Waals surface area contributed by atoms with E-state index >= 15 is 0 Å². The van der Waals surface area contributed by atoms with Crippen LogP contribution in [0.5, 0.6) is 0 Å². The molecule has 0 bridgehead atoms. The van der Waals surface area contributed by atoms with Crippen molar-refractivity contribution < 1.29 is 9.59 Å². The van der Waals surface area contributed by atoms with E-state index < -0.39 is 0 Å². The molecule has 0 spiro atoms. The lowest BCUT2D eigenvalue weighted by Crippen LogP contribution is -2.29. The number of hydrogen-bond acceptors (Lipinski definition) is 4. The average molecular weight is 296 g/mol. The topological polar surface area (TPSA) is 110 Å². The summed E-state index contributed by atoms with van der Waals surface area (Å²) >= 11 is 0. The van der Waals surface area contributed by atoms with Crippen molar-refractivity contribution in [1.82, 2.24) is 10.9 Å². The smallest absolute Gasteiger partial charge is 0.233 e. The Morgan fingerprint density at radius 3 is 1.62 bits per heavy atom. The number of carbonyl (C=O) groups is 2. The molecule has 0 atom stereocenters. The minimum atomic E-state index is -0.115. The molecule has 21 heavy (non-hydrogen) atoms. The summed E-state index contributed by atoms with van der Waals surface area (Å²) in [6.07, 6.45) is 16.1. The molecule has 0 unspecified atom stereocenters. The van der Waals surface area contributed by atoms with Crippen molar-refractivity contribution in [2.45, 2.75) is 57.8 Å². The minimum absolute atomic E-state index is 0.104. The van der Waals surface area contributed by atoms with Crippen LogP contribution in [0.2, 0.25) is 0 Å². The molecular formula is C15H28N4O2. The Balaban J connectivity index is 3.32. The van der Waals surface area contributed by atoms with Gasteiger partial charge in [-0.15, -0.1) is 0 Å². The summed E-state index contributed by atoms with van der Waals surface area (Å²) in [5.41, 5.74) is 4.23. The normalized spacial score (nSPS) is 11.1. The number of nitrogens with one attached hydrogen (secondary N) is 2. The van der Waals surface area contributed by atoms with Gasteiger partial charge < -0.3 is 0 Å². The lowest BCUT2D eigenvalue weighted by molar-refractivity contribution is -0.122. The highest BCUT2D eigenvalue weighted by Gasteiger charge is 1.96. The Kier molecular flexibility index (Phi) is 13.6. The summed E-state index contributed by atoms with van der Waals surface area (Å²) in [5, 5.41) is 0. The molecule has 0 aromatic heterocycles. The first-order chi connectivity index (χ1) is 10.2. The molecule has 0 fully saturated rings. The van der Waals surface area contributed by atoms with Crippen LogP contribution in [0.1, 0.15) is 57.8 Å². The van der Waals surface area contributed by atoms with Crippen LogP contribution in [0.3, 0.4) is 0 Å². The van der Waals surface area contributed by atoms with E-state index in [9.17, 15) is 9.59 Å². The lowest BCUT2D eigenvalue weighted by Gasteiger charge is -1.97. The maximum atomic E-state index is 10.9. The number of hydrazine groups is 2. The summed E-state index contributed by atoms with van der Waals surface area (Å²) in [4.78, 5) is 21.7. The van der Waals surface area contributed by atoms with E-state index in [1.54, 1.807) is 0 Å². The van der Waals surface area contributed by atoms with Gasteiger partial charge in [0, 0.05) is 12.8 Å². The second-order valence-electron chi connectivity index (χ2n) is 4.79. The summed E-state index contributed by atoms with van der Waals surface area (Å²) in [6, 6.07) is 0. The second-order valence-corrected chi connectivity index (χ2v) is 4.79. The number of rotatable bonds is 12. The molecule has 0 rings (SSSR count). The zero-order valence-electron chi connectivity index (χ0n) is 12.6. The van der Waals surface area contributed by atoms with Crippen LogP contribution in [0.4, 0.5) is 0 Å². The average Bonchev–Trinajstić information content (AvgIpc) is 2.51. The van der Waals surface area contributed by atoms with Crippen LogP contribution in [-0.2, 0) is 9.59 Å². The summed E-state index contributed by atoms with van der Waals surface area (Å²) in [7, 11) is 0. The molecule has 0 aliphatic carbocycles. The van der Waals surface area contributed by atoms with E-state index in [1.165, 1.54) is 0 Å². The van der Waals surface area contributed by atoms with Crippen molar-refractivity contribution in [3.05, 3.63) is 24.3 Å². The third kappa shape index (κ3) is 14.6. The van der Waals surface area contributed by atoms with E-state index in [0.717, 1.165) is 44.9 Å². The highest BCUT2D eigenvalue weighted by molar-refractivity contribution is 5.75. The fourth-order valence-corrected chi connectivity index (χ4v) is 1.74. The Morgan fingerprint density at radius 2 is 1.10 bits per heavy atom. The van der Waals surface area contributed by atoms with E-state index in [0.29, 0.717) is 12.8 Å². The zero-order valence-corrected chi connectivity index (χ0v) is 12.6. The maximum absolute atomic E-state index is 10.9. The van der Waals surface area contributed by atoms with Crippen molar-refractivity contribution in [1.29, 1.82) is 0 Å². The van der Waals surface area contributed by atoms with Crippen LogP contribution < -0.4 is 22.5 Å². The van der Waals surface area contributed by atoms with Gasteiger partial charge in [0.1, 0.15) is 0 Å². The van der Waals surface area contributed by atoms with Gasteiger partial charge in [-0.2, -0.15) is 0 Å². The number of unbranched alkanes of at least 4 members (excludes halogenated alkanes) is 4. The van der Waals surface area contributed by atoms with Gasteiger partial charge in [0.25, 0.3) is 0 Å². The Bertz CT molecular complexity index is 341. The third-order valence-corrected chi connectivity index (χ3v) is 2.95. The second kappa shape index (κ2) is 14.7. The van der Waals surface area contributed by atoms with E-state index in [4.69, 9.17) is 11.7 Å². The van der Waals surface area contributed by atoms with Crippen molar-refractivity contribution >= 4 is 11.8 Å². The van der Waals surface area contributed by atoms with Crippen molar-refractivity contribution in [2.75, 3.05) is 0 Å². The van der Waals surface area contributed by atoms with Gasteiger partial charge in [-0.05, 0) is 44.9 Å². The highest BCUT2D eigenvalue weighted by Crippen LogP contribution is 2.03. The fraction of sp³-hybridized carbons (Fsp3) is 0.600. The lowest BCUT2D eigenvalue weighted by atomic mass is 10.1. The predicted molar refractivity (Wildman–Crippen MR) is 84.5 cm³/mol. The summed E-state index contributed by atoms with van der Waals surface area (Å²) < 4.78 is 0. The molecule has 0 heterocycles. The molecular weight excluding hydrogens is 268 g/mol. The first kappa shape index (κ1) is 19.3. The molecule has 0 aliphatic heterocycles. The first-order valence-corrected chi connectivity index (χ1v) is 7.49. The van der Waals surface area contributed by atoms with Crippen molar-refractivity contribution in [3.8, 4) is 0 Å². The van der Waals surface area contributed by atoms with Crippen LogP contribution in [0.15, 0.2) is 24.3 Å². The van der Waals surface area contributed by atoms with Crippen LogP contribution >= 0.6 is 0 Å². The number of allylic oxidation sites excluding steroid dienone is 4. The molecule has 120 valence electrons. The Labute approximate surface area is 127 Å². The molecule has 6 N–H and O–H groups in total. The highest BCUT2D eigenvalue weighted by atomic mass is 16.2. The van der Waals surface area contributed by atoms with Gasteiger partial charge >= 0.3 is 0 Å². The third-order valence-electron chi connectivity index (χ3n) is 2.95. The largest absolute Gasteiger partial charge is 0.294 e. The number of nitrogens with two attached hydrogens (primary N) is 2. The van der Waals surface area contributed by atoms with Gasteiger partial charge in [0.2, 0.25) is 11.8 Å². The number of carbonyl (C=O) groups excluding carboxylic acids is 2. The quantitative estimate of drug-likeness (QED) is 0.144. The molecule has 0 saturated carbocycles. The number of amides is 2. The van der Waals surface area contributed by atoms with Gasteiger partial charge in [-0.25, -0.2) is 11.7 Å². The molecule has 2 amide bonds. The molecule has 6 nitrogen and oxygen atoms in total. The van der Waals surface area contributed by atoms with Crippen LogP contribution in [-0.4, -0.2) is 11.8 Å². The SMILES string of the molecule is NNC(=O)CCCC=CCCC=CCCCCC(=O)NN. The minimum Gasteiger partial charge on any atom is -0.294 e. The standard InChI is InChI=1S/C15H28N4O2/c16-18-14(20)12-10-8-6-4-2-1-3-5-7-9-11-13-15(21)19-17/h2,4-5,7H,1,3,6,8-13,16-17H2,(H,18,20)(H,19,21). The Morgan fingerprint density at radius 1 is 0.667 bits per heavy atom. The van der Waals surface area contributed by atoms with Gasteiger partial charge in [0.15, 0.2) is 0 Å². The number of hydrogen-bond donors (Lipinski definition) is 4. The van der Waals surface area contributed by atoms with Crippen molar-refractivity contribution in [3.63, 3.8) is 0 Å². The molecule has 0 radical (unpaired) electrons. The van der Waals surface area contributed by atoms with Gasteiger partial charge in [-0.1, -0.05) is 24.3 Å². The summed E-state index contributed by atoms with van der Waals surface area (Å²) in [6.45, 7) is 0. The van der Waals surface area contributed by atoms with E-state index in [-0.39, 0.29) is 11.8 Å². The predicted octanol–water partition coefficient (Wildman–Crippen LogP) is 1.59. The van der Waals surface area contributed by atoms with Crippen LogP contribution in [0, 0.1) is 0 Å². The van der Waals surface area contributed by atoms with Gasteiger partial charge in [-0.3, -0.25) is 20.4 Å². The molecule has 6 heteroatoms.